The number of hydrogen-bond acceptors (Lipinski definition) is 6. The second-order valence-electron chi connectivity index (χ2n) is 9.43. The fourth-order valence-corrected chi connectivity index (χ4v) is 5.33. The van der Waals surface area contributed by atoms with Gasteiger partial charge in [0.15, 0.2) is 5.69 Å². The molecule has 2 bridgehead atoms. The number of nitrogens with two attached hydrogens (primary N) is 1. The third-order valence-corrected chi connectivity index (χ3v) is 7.09. The quantitative estimate of drug-likeness (QED) is 0.576. The number of pyridine rings is 1. The minimum atomic E-state index is -0.261. The van der Waals surface area contributed by atoms with Crippen molar-refractivity contribution in [2.45, 2.75) is 37.8 Å². The zero-order chi connectivity index (χ0) is 23.4. The number of anilines is 3. The van der Waals surface area contributed by atoms with Crippen LogP contribution in [0.3, 0.4) is 0 Å². The van der Waals surface area contributed by atoms with Crippen LogP contribution in [-0.4, -0.2) is 51.2 Å². The van der Waals surface area contributed by atoms with Crippen molar-refractivity contribution < 1.29 is 9.18 Å². The number of aromatic nitrogens is 3. The lowest BCUT2D eigenvalue weighted by atomic mass is 10.0. The molecule has 2 aromatic heterocycles. The number of halogens is 1. The summed E-state index contributed by atoms with van der Waals surface area (Å²) in [6.07, 6.45) is 7.44. The molecule has 1 amide bonds. The van der Waals surface area contributed by atoms with E-state index in [2.05, 4.69) is 20.3 Å². The number of hydrogen-bond donors (Lipinski definition) is 2. The maximum Gasteiger partial charge on any atom is 0.275 e. The minimum Gasteiger partial charge on any atom is -0.383 e. The Morgan fingerprint density at radius 2 is 2.00 bits per heavy atom. The highest BCUT2D eigenvalue weighted by molar-refractivity contribution is 5.99. The van der Waals surface area contributed by atoms with Gasteiger partial charge in [0.1, 0.15) is 11.6 Å². The Hall–Kier alpha value is -3.62. The van der Waals surface area contributed by atoms with E-state index in [1.165, 1.54) is 6.07 Å². The Balaban J connectivity index is 1.53. The van der Waals surface area contributed by atoms with Crippen LogP contribution in [0.2, 0.25) is 0 Å². The average molecular weight is 462 g/mol. The molecular formula is C25H28FN7O. The summed E-state index contributed by atoms with van der Waals surface area (Å²) < 4.78 is 16.1. The van der Waals surface area contributed by atoms with E-state index in [9.17, 15) is 9.18 Å². The third kappa shape index (κ3) is 3.55. The fraction of sp³-hybridized carbons (Fsp3) is 0.400. The zero-order valence-corrected chi connectivity index (χ0v) is 19.2. The molecule has 3 aromatic rings. The van der Waals surface area contributed by atoms with E-state index in [0.717, 1.165) is 60.3 Å². The number of amides is 1. The molecule has 176 valence electrons. The predicted octanol–water partition coefficient (Wildman–Crippen LogP) is 3.58. The second kappa shape index (κ2) is 8.00. The molecule has 9 heteroatoms. The van der Waals surface area contributed by atoms with E-state index >= 15 is 0 Å². The largest absolute Gasteiger partial charge is 0.383 e. The van der Waals surface area contributed by atoms with Gasteiger partial charge in [-0.2, -0.15) is 5.10 Å². The first-order valence-electron chi connectivity index (χ1n) is 11.9. The first-order valence-corrected chi connectivity index (χ1v) is 11.9. The van der Waals surface area contributed by atoms with Crippen molar-refractivity contribution in [3.8, 4) is 11.1 Å². The summed E-state index contributed by atoms with van der Waals surface area (Å²) in [5.41, 5.74) is 10.9. The highest BCUT2D eigenvalue weighted by Gasteiger charge is 2.36. The van der Waals surface area contributed by atoms with Crippen LogP contribution in [0.4, 0.5) is 21.6 Å². The standard InChI is InChI=1S/C25H28FN7O/c1-31-14-19-15-11-22(24(27)29-13-15)33-9-2-3-21(33)18-12-16(26)4-7-20(18)28-8-10-32(17-5-6-17)25(34)23(19)30-31/h4,7,11-14,17,21,28H,2-3,5-6,8-10H2,1H3,(H2,27,29)/t21-/m1/s1. The van der Waals surface area contributed by atoms with Gasteiger partial charge in [0.05, 0.1) is 11.7 Å². The molecule has 0 radical (unpaired) electrons. The maximum atomic E-state index is 14.4. The highest BCUT2D eigenvalue weighted by atomic mass is 19.1. The first kappa shape index (κ1) is 20.9. The molecular weight excluding hydrogens is 433 g/mol. The number of nitrogens with one attached hydrogen (secondary N) is 1. The number of fused-ring (bicyclic) bond motifs is 8. The second-order valence-corrected chi connectivity index (χ2v) is 9.43. The summed E-state index contributed by atoms with van der Waals surface area (Å²) in [6.45, 7) is 1.92. The molecule has 34 heavy (non-hydrogen) atoms. The van der Waals surface area contributed by atoms with Gasteiger partial charge in [-0.05, 0) is 49.9 Å². The summed E-state index contributed by atoms with van der Waals surface area (Å²) in [5.74, 6) is 0.0851. The number of nitrogens with zero attached hydrogens (tertiary/aromatic N) is 5. The number of aryl methyl sites for hydroxylation is 1. The molecule has 2 aliphatic heterocycles. The summed E-state index contributed by atoms with van der Waals surface area (Å²) in [4.78, 5) is 22.3. The summed E-state index contributed by atoms with van der Waals surface area (Å²) >= 11 is 0. The lowest BCUT2D eigenvalue weighted by Gasteiger charge is -2.30. The van der Waals surface area contributed by atoms with E-state index in [1.807, 2.05) is 24.2 Å². The Labute approximate surface area is 197 Å². The molecule has 1 saturated carbocycles. The SMILES string of the molecule is Cn1cc2c(n1)C(=O)N(C1CC1)CCNc1ccc(F)cc1[C@H]1CCCN1c1cc-2cnc1N. The van der Waals surface area contributed by atoms with Gasteiger partial charge in [0.2, 0.25) is 0 Å². The molecule has 8 nitrogen and oxygen atoms in total. The molecule has 3 aliphatic rings. The lowest BCUT2D eigenvalue weighted by Crippen LogP contribution is -2.37. The zero-order valence-electron chi connectivity index (χ0n) is 19.2. The molecule has 1 aliphatic carbocycles. The van der Waals surface area contributed by atoms with E-state index in [4.69, 9.17) is 5.73 Å². The van der Waals surface area contributed by atoms with Crippen molar-refractivity contribution in [2.24, 2.45) is 7.05 Å². The van der Waals surface area contributed by atoms with E-state index in [-0.39, 0.29) is 23.8 Å². The van der Waals surface area contributed by atoms with Gasteiger partial charge in [0, 0.05) is 67.5 Å². The summed E-state index contributed by atoms with van der Waals surface area (Å²) in [5, 5.41) is 8.02. The van der Waals surface area contributed by atoms with Gasteiger partial charge in [-0.3, -0.25) is 9.48 Å². The summed E-state index contributed by atoms with van der Waals surface area (Å²) in [7, 11) is 1.82. The van der Waals surface area contributed by atoms with Gasteiger partial charge in [-0.25, -0.2) is 9.37 Å². The van der Waals surface area contributed by atoms with Crippen molar-refractivity contribution in [1.82, 2.24) is 19.7 Å². The Morgan fingerprint density at radius 3 is 2.82 bits per heavy atom. The van der Waals surface area contributed by atoms with Crippen LogP contribution in [0.1, 0.15) is 47.8 Å². The van der Waals surface area contributed by atoms with E-state index in [1.54, 1.807) is 23.0 Å². The smallest absolute Gasteiger partial charge is 0.275 e. The highest BCUT2D eigenvalue weighted by Crippen LogP contribution is 2.42. The molecule has 3 N–H and O–H groups in total. The number of rotatable bonds is 1. The van der Waals surface area contributed by atoms with Crippen molar-refractivity contribution in [3.63, 3.8) is 0 Å². The number of nitrogen functional groups attached to an aromatic ring is 1. The van der Waals surface area contributed by atoms with Gasteiger partial charge >= 0.3 is 0 Å². The van der Waals surface area contributed by atoms with E-state index < -0.39 is 0 Å². The first-order chi connectivity index (χ1) is 16.5. The molecule has 1 atom stereocenters. The molecule has 4 heterocycles. The van der Waals surface area contributed by atoms with Crippen LogP contribution in [-0.2, 0) is 7.05 Å². The third-order valence-electron chi connectivity index (χ3n) is 7.09. The van der Waals surface area contributed by atoms with Crippen molar-refractivity contribution >= 4 is 23.1 Å². The van der Waals surface area contributed by atoms with Crippen LogP contribution in [0.25, 0.3) is 11.1 Å². The average Bonchev–Trinajstić information content (AvgIpc) is 3.40. The molecule has 0 unspecified atom stereocenters. The Bertz CT molecular complexity index is 1270. The number of carbonyl (C=O) groups is 1. The topological polar surface area (TPSA) is 92.3 Å². The Morgan fingerprint density at radius 1 is 1.15 bits per heavy atom. The molecule has 2 fully saturated rings. The molecule has 6 rings (SSSR count). The van der Waals surface area contributed by atoms with Crippen molar-refractivity contribution in [1.29, 1.82) is 0 Å². The van der Waals surface area contributed by atoms with Crippen LogP contribution in [0.15, 0.2) is 36.7 Å². The number of carbonyl (C=O) groups excluding carboxylic acids is 1. The molecule has 1 aromatic carbocycles. The van der Waals surface area contributed by atoms with E-state index in [0.29, 0.717) is 24.6 Å². The van der Waals surface area contributed by atoms with Gasteiger partial charge in [-0.15, -0.1) is 0 Å². The molecule has 1 saturated heterocycles. The van der Waals surface area contributed by atoms with Crippen LogP contribution in [0.5, 0.6) is 0 Å². The summed E-state index contributed by atoms with van der Waals surface area (Å²) in [6, 6.07) is 7.10. The van der Waals surface area contributed by atoms with Crippen LogP contribution >= 0.6 is 0 Å². The van der Waals surface area contributed by atoms with Crippen molar-refractivity contribution in [3.05, 3.63) is 53.7 Å². The Kier molecular flexibility index (Phi) is 4.93. The maximum absolute atomic E-state index is 14.4. The van der Waals surface area contributed by atoms with Gasteiger partial charge in [-0.1, -0.05) is 0 Å². The van der Waals surface area contributed by atoms with Crippen LogP contribution < -0.4 is 16.0 Å². The molecule has 0 spiro atoms. The number of benzene rings is 1. The fourth-order valence-electron chi connectivity index (χ4n) is 5.33. The van der Waals surface area contributed by atoms with Crippen LogP contribution in [0, 0.1) is 5.82 Å². The van der Waals surface area contributed by atoms with Gasteiger partial charge < -0.3 is 20.9 Å². The predicted molar refractivity (Wildman–Crippen MR) is 129 cm³/mol. The van der Waals surface area contributed by atoms with Gasteiger partial charge in [0.25, 0.3) is 5.91 Å². The van der Waals surface area contributed by atoms with Crippen molar-refractivity contribution in [2.75, 3.05) is 35.6 Å². The minimum absolute atomic E-state index is 0.0185. The lowest BCUT2D eigenvalue weighted by molar-refractivity contribution is 0.0744. The normalized spacial score (nSPS) is 20.3. The monoisotopic (exact) mass is 461 g/mol.